The number of fused-ring (bicyclic) bond motifs is 1. The van der Waals surface area contributed by atoms with Gasteiger partial charge in [-0.05, 0) is 18.2 Å². The Morgan fingerprint density at radius 1 is 1.40 bits per heavy atom. The molecule has 0 spiro atoms. The monoisotopic (exact) mass is 133 g/mol. The van der Waals surface area contributed by atoms with E-state index in [1.54, 1.807) is 16.8 Å². The maximum absolute atomic E-state index is 5.64. The molecule has 2 rings (SSSR count). The van der Waals surface area contributed by atoms with Crippen LogP contribution in [0.3, 0.4) is 0 Å². The highest BCUT2D eigenvalue weighted by Gasteiger charge is 1.93. The van der Waals surface area contributed by atoms with Gasteiger partial charge in [-0.3, -0.25) is 0 Å². The molecule has 0 amide bonds. The summed E-state index contributed by atoms with van der Waals surface area (Å²) in [6.45, 7) is 0. The van der Waals surface area contributed by atoms with Crippen molar-refractivity contribution in [3.05, 3.63) is 30.6 Å². The van der Waals surface area contributed by atoms with Crippen molar-refractivity contribution >= 4 is 11.2 Å². The quantitative estimate of drug-likeness (QED) is 0.580. The van der Waals surface area contributed by atoms with Gasteiger partial charge in [0.05, 0.1) is 11.2 Å². The number of anilines is 1. The lowest BCUT2D eigenvalue weighted by Gasteiger charge is -1.94. The third kappa shape index (κ3) is 0.572. The smallest absolute Gasteiger partial charge is 0.0875 e. The van der Waals surface area contributed by atoms with E-state index in [1.165, 1.54) is 0 Å². The highest BCUT2D eigenvalue weighted by atomic mass is 15.2. The summed E-state index contributed by atoms with van der Waals surface area (Å²) in [5.74, 6) is 0. The Kier molecular flexibility index (Phi) is 0.917. The van der Waals surface area contributed by atoms with E-state index in [0.717, 1.165) is 11.2 Å². The molecule has 2 N–H and O–H groups in total. The molecule has 0 aromatic carbocycles. The Hall–Kier alpha value is -1.51. The molecule has 2 heterocycles. The van der Waals surface area contributed by atoms with Gasteiger partial charge in [0.2, 0.25) is 0 Å². The van der Waals surface area contributed by atoms with Gasteiger partial charge in [-0.15, -0.1) is 0 Å². The molecule has 0 aliphatic rings. The highest BCUT2D eigenvalue weighted by Crippen LogP contribution is 2.10. The summed E-state index contributed by atoms with van der Waals surface area (Å²) in [7, 11) is 0. The zero-order valence-corrected chi connectivity index (χ0v) is 5.36. The number of aromatic nitrogens is 2. The number of hydrogen-bond donors (Lipinski definition) is 1. The van der Waals surface area contributed by atoms with Crippen molar-refractivity contribution in [3.8, 4) is 0 Å². The first-order valence-corrected chi connectivity index (χ1v) is 3.06. The molecule has 10 heavy (non-hydrogen) atoms. The van der Waals surface area contributed by atoms with Crippen LogP contribution < -0.4 is 5.73 Å². The number of nitrogens with two attached hydrogens (primary N) is 1. The Morgan fingerprint density at radius 2 is 2.30 bits per heavy atom. The zero-order valence-electron chi connectivity index (χ0n) is 5.36. The van der Waals surface area contributed by atoms with Gasteiger partial charge in [0.1, 0.15) is 0 Å². The van der Waals surface area contributed by atoms with E-state index in [4.69, 9.17) is 5.73 Å². The SMILES string of the molecule is Nc1ccnn2cccc12. The molecular weight excluding hydrogens is 126 g/mol. The number of hydrogen-bond acceptors (Lipinski definition) is 2. The summed E-state index contributed by atoms with van der Waals surface area (Å²) < 4.78 is 1.75. The molecule has 0 bridgehead atoms. The van der Waals surface area contributed by atoms with Crippen LogP contribution in [-0.4, -0.2) is 9.61 Å². The average molecular weight is 133 g/mol. The van der Waals surface area contributed by atoms with Crippen molar-refractivity contribution < 1.29 is 0 Å². The van der Waals surface area contributed by atoms with Crippen molar-refractivity contribution in [2.24, 2.45) is 0 Å². The van der Waals surface area contributed by atoms with Crippen molar-refractivity contribution in [2.75, 3.05) is 5.73 Å². The molecule has 2 aromatic rings. The lowest BCUT2D eigenvalue weighted by molar-refractivity contribution is 0.943. The summed E-state index contributed by atoms with van der Waals surface area (Å²) >= 11 is 0. The van der Waals surface area contributed by atoms with Crippen molar-refractivity contribution in [3.63, 3.8) is 0 Å². The third-order valence-corrected chi connectivity index (χ3v) is 1.47. The van der Waals surface area contributed by atoms with Crippen LogP contribution in [0.25, 0.3) is 5.52 Å². The Morgan fingerprint density at radius 3 is 3.10 bits per heavy atom. The van der Waals surface area contributed by atoms with Gasteiger partial charge >= 0.3 is 0 Å². The summed E-state index contributed by atoms with van der Waals surface area (Å²) in [5, 5.41) is 4.04. The molecule has 3 heteroatoms. The minimum absolute atomic E-state index is 0.764. The maximum atomic E-state index is 5.64. The molecule has 50 valence electrons. The van der Waals surface area contributed by atoms with Crippen LogP contribution in [0, 0.1) is 0 Å². The summed E-state index contributed by atoms with van der Waals surface area (Å²) in [6.07, 6.45) is 3.55. The predicted molar refractivity (Wildman–Crippen MR) is 39.6 cm³/mol. The van der Waals surface area contributed by atoms with Crippen LogP contribution in [0.15, 0.2) is 30.6 Å². The van der Waals surface area contributed by atoms with E-state index in [9.17, 15) is 0 Å². The van der Waals surface area contributed by atoms with Gasteiger partial charge in [-0.25, -0.2) is 4.52 Å². The van der Waals surface area contributed by atoms with Gasteiger partial charge in [-0.2, -0.15) is 5.10 Å². The fraction of sp³-hybridized carbons (Fsp3) is 0. The number of nitrogens with zero attached hydrogens (tertiary/aromatic N) is 2. The van der Waals surface area contributed by atoms with Gasteiger partial charge in [0, 0.05) is 12.4 Å². The normalized spacial score (nSPS) is 10.4. The second-order valence-corrected chi connectivity index (χ2v) is 2.12. The first kappa shape index (κ1) is 5.29. The second kappa shape index (κ2) is 1.73. The highest BCUT2D eigenvalue weighted by molar-refractivity contribution is 5.68. The molecule has 0 aliphatic carbocycles. The van der Waals surface area contributed by atoms with Crippen molar-refractivity contribution in [1.29, 1.82) is 0 Å². The predicted octanol–water partition coefficient (Wildman–Crippen LogP) is 0.916. The molecular formula is C7H7N3. The molecule has 0 radical (unpaired) electrons. The van der Waals surface area contributed by atoms with Crippen molar-refractivity contribution in [1.82, 2.24) is 9.61 Å². The van der Waals surface area contributed by atoms with Crippen LogP contribution in [0.2, 0.25) is 0 Å². The van der Waals surface area contributed by atoms with E-state index in [-0.39, 0.29) is 0 Å². The van der Waals surface area contributed by atoms with Gasteiger partial charge in [0.25, 0.3) is 0 Å². The van der Waals surface area contributed by atoms with Crippen LogP contribution in [0.5, 0.6) is 0 Å². The van der Waals surface area contributed by atoms with E-state index in [0.29, 0.717) is 0 Å². The molecule has 0 aliphatic heterocycles. The minimum atomic E-state index is 0.764. The fourth-order valence-electron chi connectivity index (χ4n) is 0.972. The summed E-state index contributed by atoms with van der Waals surface area (Å²) in [5.41, 5.74) is 7.36. The summed E-state index contributed by atoms with van der Waals surface area (Å²) in [4.78, 5) is 0. The van der Waals surface area contributed by atoms with E-state index in [2.05, 4.69) is 5.10 Å². The van der Waals surface area contributed by atoms with E-state index < -0.39 is 0 Å². The Labute approximate surface area is 58.1 Å². The molecule has 0 atom stereocenters. The second-order valence-electron chi connectivity index (χ2n) is 2.12. The Bertz CT molecular complexity index is 350. The Balaban J connectivity index is 2.95. The lowest BCUT2D eigenvalue weighted by atomic mass is 10.4. The fourth-order valence-corrected chi connectivity index (χ4v) is 0.972. The molecule has 0 saturated heterocycles. The maximum Gasteiger partial charge on any atom is 0.0875 e. The van der Waals surface area contributed by atoms with Crippen LogP contribution in [0.1, 0.15) is 0 Å². The van der Waals surface area contributed by atoms with Crippen LogP contribution >= 0.6 is 0 Å². The van der Waals surface area contributed by atoms with Crippen LogP contribution in [-0.2, 0) is 0 Å². The largest absolute Gasteiger partial charge is 0.397 e. The first-order valence-electron chi connectivity index (χ1n) is 3.06. The lowest BCUT2D eigenvalue weighted by Crippen LogP contribution is -1.92. The van der Waals surface area contributed by atoms with Crippen LogP contribution in [0.4, 0.5) is 5.69 Å². The third-order valence-electron chi connectivity index (χ3n) is 1.47. The van der Waals surface area contributed by atoms with E-state index >= 15 is 0 Å². The van der Waals surface area contributed by atoms with E-state index in [1.807, 2.05) is 18.3 Å². The van der Waals surface area contributed by atoms with Crippen molar-refractivity contribution in [2.45, 2.75) is 0 Å². The standard InChI is InChI=1S/C7H7N3/c8-6-3-4-9-10-5-1-2-7(6)10/h1-5H,8H2. The summed E-state index contributed by atoms with van der Waals surface area (Å²) in [6, 6.07) is 5.64. The first-order chi connectivity index (χ1) is 4.88. The zero-order chi connectivity index (χ0) is 6.97. The minimum Gasteiger partial charge on any atom is -0.397 e. The molecule has 0 fully saturated rings. The topological polar surface area (TPSA) is 43.3 Å². The molecule has 2 aromatic heterocycles. The average Bonchev–Trinajstić information content (AvgIpc) is 2.36. The van der Waals surface area contributed by atoms with Gasteiger partial charge in [0.15, 0.2) is 0 Å². The number of rotatable bonds is 0. The molecule has 0 unspecified atom stereocenters. The van der Waals surface area contributed by atoms with Gasteiger partial charge < -0.3 is 5.73 Å². The molecule has 3 nitrogen and oxygen atoms in total. The molecule has 0 saturated carbocycles. The van der Waals surface area contributed by atoms with Gasteiger partial charge in [-0.1, -0.05) is 0 Å². The number of nitrogen functional groups attached to an aromatic ring is 1.